The molecule has 5 rings (SSSR count). The number of hydrogen-bond donors (Lipinski definition) is 1. The predicted octanol–water partition coefficient (Wildman–Crippen LogP) is 2.56. The van der Waals surface area contributed by atoms with Gasteiger partial charge in [0, 0.05) is 17.6 Å². The van der Waals surface area contributed by atoms with Crippen LogP contribution in [0.3, 0.4) is 0 Å². The molecule has 1 spiro atoms. The van der Waals surface area contributed by atoms with Gasteiger partial charge in [-0.2, -0.15) is 0 Å². The van der Waals surface area contributed by atoms with Crippen LogP contribution in [0.25, 0.3) is 0 Å². The average molecular weight is 293 g/mol. The molecular formula is C15H17ClN2O2. The third-order valence-electron chi connectivity index (χ3n) is 4.51. The molecule has 106 valence electrons. The molecule has 4 nitrogen and oxygen atoms in total. The van der Waals surface area contributed by atoms with E-state index in [1.165, 1.54) is 25.9 Å². The Kier molecular flexibility index (Phi) is 2.91. The lowest BCUT2D eigenvalue weighted by Gasteiger charge is -2.48. The Bertz CT molecular complexity index is 537. The number of nitrogens with zero attached hydrogens (tertiary/aromatic N) is 1. The summed E-state index contributed by atoms with van der Waals surface area (Å²) in [7, 11) is 0. The molecule has 4 aliphatic heterocycles. The van der Waals surface area contributed by atoms with Gasteiger partial charge in [0.05, 0.1) is 0 Å². The van der Waals surface area contributed by atoms with Gasteiger partial charge in [-0.05, 0) is 56.1 Å². The third kappa shape index (κ3) is 2.08. The fraction of sp³-hybridized carbons (Fsp3) is 0.467. The van der Waals surface area contributed by atoms with E-state index < -0.39 is 0 Å². The molecule has 1 unspecified atom stereocenters. The molecule has 20 heavy (non-hydrogen) atoms. The number of benzene rings is 1. The summed E-state index contributed by atoms with van der Waals surface area (Å²) in [6, 6.07) is 7.34. The largest absolute Gasteiger partial charge is 0.439 e. The molecule has 5 heteroatoms. The van der Waals surface area contributed by atoms with Crippen LogP contribution in [0.15, 0.2) is 36.2 Å². The van der Waals surface area contributed by atoms with E-state index >= 15 is 0 Å². The normalized spacial score (nSPS) is 35.0. The van der Waals surface area contributed by atoms with Crippen molar-refractivity contribution in [2.24, 2.45) is 5.92 Å². The van der Waals surface area contributed by atoms with Crippen molar-refractivity contribution in [1.82, 2.24) is 10.4 Å². The summed E-state index contributed by atoms with van der Waals surface area (Å²) < 4.78 is 5.81. The van der Waals surface area contributed by atoms with Gasteiger partial charge in [-0.1, -0.05) is 11.6 Å². The van der Waals surface area contributed by atoms with Crippen LogP contribution in [0.4, 0.5) is 0 Å². The summed E-state index contributed by atoms with van der Waals surface area (Å²) in [5.41, 5.74) is 2.73. The first kappa shape index (κ1) is 12.5. The number of fused-ring (bicyclic) bond motifs is 2. The molecule has 4 aliphatic rings. The molecule has 0 aromatic heterocycles. The standard InChI is InChI=1S/C15H17ClN2O2/c16-12-1-3-13(4-2-12)19-14-9-15(20-17-14)10-18-7-5-11(15)6-8-18/h1-4,9,11,17H,5-8,10H2. The quantitative estimate of drug-likeness (QED) is 0.908. The van der Waals surface area contributed by atoms with Gasteiger partial charge in [0.15, 0.2) is 0 Å². The monoisotopic (exact) mass is 292 g/mol. The minimum absolute atomic E-state index is 0.210. The Balaban J connectivity index is 1.53. The fourth-order valence-corrected chi connectivity index (χ4v) is 3.57. The summed E-state index contributed by atoms with van der Waals surface area (Å²) in [5.74, 6) is 2.03. The van der Waals surface area contributed by atoms with Crippen molar-refractivity contribution >= 4 is 11.6 Å². The number of rotatable bonds is 2. The number of ether oxygens (including phenoxy) is 1. The van der Waals surface area contributed by atoms with Crippen LogP contribution in [0, 0.1) is 5.92 Å². The molecule has 0 amide bonds. The molecule has 1 aromatic rings. The molecule has 4 heterocycles. The van der Waals surface area contributed by atoms with E-state index in [0.29, 0.717) is 16.8 Å². The summed E-state index contributed by atoms with van der Waals surface area (Å²) in [5, 5.41) is 0.704. The van der Waals surface area contributed by atoms with Gasteiger partial charge < -0.3 is 4.74 Å². The first-order chi connectivity index (χ1) is 9.73. The minimum atomic E-state index is -0.210. The Labute approximate surface area is 123 Å². The lowest BCUT2D eigenvalue weighted by Crippen LogP contribution is -2.58. The highest BCUT2D eigenvalue weighted by Crippen LogP contribution is 2.41. The zero-order chi connectivity index (χ0) is 13.6. The number of halogens is 1. The maximum absolute atomic E-state index is 5.89. The molecule has 3 saturated heterocycles. The van der Waals surface area contributed by atoms with Gasteiger partial charge in [0.25, 0.3) is 0 Å². The lowest BCUT2D eigenvalue weighted by atomic mass is 9.75. The molecule has 1 N–H and O–H groups in total. The topological polar surface area (TPSA) is 33.7 Å². The molecule has 1 aromatic carbocycles. The predicted molar refractivity (Wildman–Crippen MR) is 76.3 cm³/mol. The number of piperidine rings is 3. The minimum Gasteiger partial charge on any atom is -0.439 e. The second-order valence-electron chi connectivity index (χ2n) is 5.77. The van der Waals surface area contributed by atoms with Crippen LogP contribution in [0.1, 0.15) is 12.8 Å². The summed E-state index contributed by atoms with van der Waals surface area (Å²) in [6.07, 6.45) is 4.51. The smallest absolute Gasteiger partial charge is 0.216 e. The highest BCUT2D eigenvalue weighted by molar-refractivity contribution is 6.30. The number of hydroxylamine groups is 1. The van der Waals surface area contributed by atoms with Crippen molar-refractivity contribution in [3.63, 3.8) is 0 Å². The summed E-state index contributed by atoms with van der Waals surface area (Å²) in [4.78, 5) is 8.35. The average Bonchev–Trinajstić information content (AvgIpc) is 2.85. The maximum Gasteiger partial charge on any atom is 0.216 e. The van der Waals surface area contributed by atoms with Crippen LogP contribution in [0.5, 0.6) is 5.75 Å². The molecule has 1 atom stereocenters. The van der Waals surface area contributed by atoms with Gasteiger partial charge >= 0.3 is 0 Å². The zero-order valence-electron chi connectivity index (χ0n) is 11.1. The van der Waals surface area contributed by atoms with Crippen LogP contribution >= 0.6 is 11.6 Å². The Morgan fingerprint density at radius 3 is 2.65 bits per heavy atom. The molecule has 0 aliphatic carbocycles. The first-order valence-electron chi connectivity index (χ1n) is 7.06. The van der Waals surface area contributed by atoms with Gasteiger partial charge in [-0.15, -0.1) is 0 Å². The summed E-state index contributed by atoms with van der Waals surface area (Å²) in [6.45, 7) is 3.34. The van der Waals surface area contributed by atoms with E-state index in [1.807, 2.05) is 24.3 Å². The molecular weight excluding hydrogens is 276 g/mol. The van der Waals surface area contributed by atoms with Crippen molar-refractivity contribution in [3.05, 3.63) is 41.2 Å². The molecule has 2 bridgehead atoms. The van der Waals surface area contributed by atoms with E-state index in [2.05, 4.69) is 16.5 Å². The maximum atomic E-state index is 5.89. The van der Waals surface area contributed by atoms with Crippen molar-refractivity contribution in [2.45, 2.75) is 18.4 Å². The van der Waals surface area contributed by atoms with Crippen LogP contribution in [-0.2, 0) is 4.84 Å². The van der Waals surface area contributed by atoms with E-state index in [1.54, 1.807) is 0 Å². The summed E-state index contributed by atoms with van der Waals surface area (Å²) >= 11 is 5.87. The van der Waals surface area contributed by atoms with E-state index in [-0.39, 0.29) is 5.60 Å². The number of hydrogen-bond acceptors (Lipinski definition) is 4. The van der Waals surface area contributed by atoms with Crippen LogP contribution < -0.4 is 10.2 Å². The van der Waals surface area contributed by atoms with Gasteiger partial charge in [0.2, 0.25) is 5.88 Å². The first-order valence-corrected chi connectivity index (χ1v) is 7.44. The fourth-order valence-electron chi connectivity index (χ4n) is 3.44. The molecule has 3 fully saturated rings. The Morgan fingerprint density at radius 1 is 1.25 bits per heavy atom. The zero-order valence-corrected chi connectivity index (χ0v) is 11.9. The van der Waals surface area contributed by atoms with Gasteiger partial charge in [-0.25, -0.2) is 5.48 Å². The van der Waals surface area contributed by atoms with E-state index in [0.717, 1.165) is 12.3 Å². The Morgan fingerprint density at radius 2 is 2.00 bits per heavy atom. The Hall–Kier alpha value is -1.23. The lowest BCUT2D eigenvalue weighted by molar-refractivity contribution is -0.141. The van der Waals surface area contributed by atoms with Crippen LogP contribution in [-0.4, -0.2) is 30.1 Å². The molecule has 0 radical (unpaired) electrons. The highest BCUT2D eigenvalue weighted by atomic mass is 35.5. The van der Waals surface area contributed by atoms with E-state index in [4.69, 9.17) is 21.2 Å². The highest BCUT2D eigenvalue weighted by Gasteiger charge is 2.50. The van der Waals surface area contributed by atoms with Crippen LogP contribution in [0.2, 0.25) is 5.02 Å². The van der Waals surface area contributed by atoms with Gasteiger partial charge in [-0.3, -0.25) is 9.74 Å². The third-order valence-corrected chi connectivity index (χ3v) is 4.76. The van der Waals surface area contributed by atoms with Crippen molar-refractivity contribution in [3.8, 4) is 5.75 Å². The van der Waals surface area contributed by atoms with Crippen molar-refractivity contribution < 1.29 is 9.57 Å². The van der Waals surface area contributed by atoms with E-state index in [9.17, 15) is 0 Å². The number of nitrogens with one attached hydrogen (secondary N) is 1. The second kappa shape index (κ2) is 4.65. The SMILES string of the molecule is Clc1ccc(OC2=CC3(CN4CCC3CC4)ON2)cc1. The molecule has 0 saturated carbocycles. The van der Waals surface area contributed by atoms with Crippen molar-refractivity contribution in [2.75, 3.05) is 19.6 Å². The van der Waals surface area contributed by atoms with Gasteiger partial charge in [0.1, 0.15) is 11.4 Å². The van der Waals surface area contributed by atoms with Crippen molar-refractivity contribution in [1.29, 1.82) is 0 Å². The second-order valence-corrected chi connectivity index (χ2v) is 6.21.